The summed E-state index contributed by atoms with van der Waals surface area (Å²) >= 11 is 0. The third-order valence-electron chi connectivity index (χ3n) is 2.44. The lowest BCUT2D eigenvalue weighted by atomic mass is 10.1. The molecule has 1 aromatic rings. The fourth-order valence-corrected chi connectivity index (χ4v) is 1.58. The van der Waals surface area contributed by atoms with Crippen molar-refractivity contribution in [1.29, 1.82) is 0 Å². The van der Waals surface area contributed by atoms with E-state index in [2.05, 4.69) is 5.32 Å². The Morgan fingerprint density at radius 1 is 1.38 bits per heavy atom. The summed E-state index contributed by atoms with van der Waals surface area (Å²) in [7, 11) is 1.66. The van der Waals surface area contributed by atoms with Crippen LogP contribution in [0.25, 0.3) is 0 Å². The summed E-state index contributed by atoms with van der Waals surface area (Å²) in [5, 5.41) is 2.88. The SMILES string of the molecule is COCCCNC(=O)c1ccc(C)cc1C. The summed E-state index contributed by atoms with van der Waals surface area (Å²) in [5.41, 5.74) is 2.95. The molecule has 1 aromatic carbocycles. The minimum atomic E-state index is -0.00592. The van der Waals surface area contributed by atoms with Gasteiger partial charge in [-0.2, -0.15) is 0 Å². The van der Waals surface area contributed by atoms with Gasteiger partial charge in [0.2, 0.25) is 0 Å². The second kappa shape index (κ2) is 6.28. The lowest BCUT2D eigenvalue weighted by Crippen LogP contribution is -2.25. The molecule has 0 aliphatic rings. The molecule has 0 atom stereocenters. The maximum absolute atomic E-state index is 11.8. The fourth-order valence-electron chi connectivity index (χ4n) is 1.58. The van der Waals surface area contributed by atoms with E-state index in [4.69, 9.17) is 4.74 Å². The van der Waals surface area contributed by atoms with Crippen LogP contribution in [-0.2, 0) is 4.74 Å². The zero-order valence-corrected chi connectivity index (χ0v) is 10.2. The number of nitrogens with one attached hydrogen (secondary N) is 1. The summed E-state index contributed by atoms with van der Waals surface area (Å²) < 4.78 is 4.92. The van der Waals surface area contributed by atoms with Gasteiger partial charge in [0.1, 0.15) is 0 Å². The third kappa shape index (κ3) is 3.66. The van der Waals surface area contributed by atoms with Crippen molar-refractivity contribution in [3.63, 3.8) is 0 Å². The highest BCUT2D eigenvalue weighted by Gasteiger charge is 2.07. The first kappa shape index (κ1) is 12.7. The average Bonchev–Trinajstić information content (AvgIpc) is 2.24. The van der Waals surface area contributed by atoms with E-state index >= 15 is 0 Å². The molecule has 0 unspecified atom stereocenters. The van der Waals surface area contributed by atoms with Gasteiger partial charge in [0.15, 0.2) is 0 Å². The molecular formula is C13H19NO2. The highest BCUT2D eigenvalue weighted by molar-refractivity contribution is 5.95. The van der Waals surface area contributed by atoms with Crippen LogP contribution in [0, 0.1) is 13.8 Å². The maximum Gasteiger partial charge on any atom is 0.251 e. The first-order chi connectivity index (χ1) is 7.65. The number of carbonyl (C=O) groups is 1. The van der Waals surface area contributed by atoms with E-state index in [9.17, 15) is 4.79 Å². The van der Waals surface area contributed by atoms with Gasteiger partial charge in [0.25, 0.3) is 5.91 Å². The molecule has 0 heterocycles. The molecule has 0 saturated heterocycles. The van der Waals surface area contributed by atoms with Crippen LogP contribution in [0.5, 0.6) is 0 Å². The molecule has 3 nitrogen and oxygen atoms in total. The van der Waals surface area contributed by atoms with Crippen LogP contribution in [0.1, 0.15) is 27.9 Å². The van der Waals surface area contributed by atoms with Gasteiger partial charge in [-0.1, -0.05) is 17.7 Å². The lowest BCUT2D eigenvalue weighted by molar-refractivity contribution is 0.0948. The Morgan fingerprint density at radius 3 is 2.75 bits per heavy atom. The average molecular weight is 221 g/mol. The molecule has 0 spiro atoms. The molecule has 0 aromatic heterocycles. The lowest BCUT2D eigenvalue weighted by Gasteiger charge is -2.08. The van der Waals surface area contributed by atoms with Crippen LogP contribution in [0.15, 0.2) is 18.2 Å². The van der Waals surface area contributed by atoms with Crippen molar-refractivity contribution < 1.29 is 9.53 Å². The molecule has 16 heavy (non-hydrogen) atoms. The van der Waals surface area contributed by atoms with E-state index in [-0.39, 0.29) is 5.91 Å². The monoisotopic (exact) mass is 221 g/mol. The standard InChI is InChI=1S/C13H19NO2/c1-10-5-6-12(11(2)9-10)13(15)14-7-4-8-16-3/h5-6,9H,4,7-8H2,1-3H3,(H,14,15). The van der Waals surface area contributed by atoms with Crippen LogP contribution in [0.2, 0.25) is 0 Å². The normalized spacial score (nSPS) is 10.2. The molecule has 0 aliphatic carbocycles. The summed E-state index contributed by atoms with van der Waals surface area (Å²) in [6.07, 6.45) is 0.840. The van der Waals surface area contributed by atoms with E-state index in [1.807, 2.05) is 32.0 Å². The van der Waals surface area contributed by atoms with E-state index < -0.39 is 0 Å². The number of methoxy groups -OCH3 is 1. The van der Waals surface area contributed by atoms with E-state index in [0.29, 0.717) is 13.2 Å². The topological polar surface area (TPSA) is 38.3 Å². The molecule has 0 aliphatic heterocycles. The van der Waals surface area contributed by atoms with Crippen molar-refractivity contribution in [1.82, 2.24) is 5.32 Å². The molecule has 1 N–H and O–H groups in total. The first-order valence-corrected chi connectivity index (χ1v) is 5.49. The molecule has 88 valence electrons. The van der Waals surface area contributed by atoms with Crippen LogP contribution in [-0.4, -0.2) is 26.2 Å². The molecular weight excluding hydrogens is 202 g/mol. The first-order valence-electron chi connectivity index (χ1n) is 5.49. The van der Waals surface area contributed by atoms with E-state index in [1.165, 1.54) is 5.56 Å². The Labute approximate surface area is 96.8 Å². The van der Waals surface area contributed by atoms with Gasteiger partial charge in [0, 0.05) is 25.8 Å². The number of hydrogen-bond donors (Lipinski definition) is 1. The number of rotatable bonds is 5. The Balaban J connectivity index is 2.53. The number of aryl methyl sites for hydroxylation is 2. The summed E-state index contributed by atoms with van der Waals surface area (Å²) in [4.78, 5) is 11.8. The highest BCUT2D eigenvalue weighted by atomic mass is 16.5. The van der Waals surface area contributed by atoms with Gasteiger partial charge < -0.3 is 10.1 Å². The fraction of sp³-hybridized carbons (Fsp3) is 0.462. The molecule has 1 rings (SSSR count). The highest BCUT2D eigenvalue weighted by Crippen LogP contribution is 2.10. The molecule has 0 bridgehead atoms. The van der Waals surface area contributed by atoms with E-state index in [0.717, 1.165) is 17.5 Å². The van der Waals surface area contributed by atoms with Crippen molar-refractivity contribution in [2.45, 2.75) is 20.3 Å². The quantitative estimate of drug-likeness (QED) is 0.773. The molecule has 0 radical (unpaired) electrons. The number of carbonyl (C=O) groups excluding carboxylic acids is 1. The van der Waals surface area contributed by atoms with Gasteiger partial charge in [-0.05, 0) is 31.9 Å². The van der Waals surface area contributed by atoms with E-state index in [1.54, 1.807) is 7.11 Å². The van der Waals surface area contributed by atoms with Crippen molar-refractivity contribution in [2.24, 2.45) is 0 Å². The minimum absolute atomic E-state index is 0.00592. The number of ether oxygens (including phenoxy) is 1. The largest absolute Gasteiger partial charge is 0.385 e. The summed E-state index contributed by atoms with van der Waals surface area (Å²) in [6.45, 7) is 5.30. The van der Waals surface area contributed by atoms with Gasteiger partial charge in [-0.15, -0.1) is 0 Å². The maximum atomic E-state index is 11.8. The molecule has 3 heteroatoms. The van der Waals surface area contributed by atoms with Crippen molar-refractivity contribution in [2.75, 3.05) is 20.3 Å². The Hall–Kier alpha value is -1.35. The van der Waals surface area contributed by atoms with Crippen molar-refractivity contribution in [3.05, 3.63) is 34.9 Å². The van der Waals surface area contributed by atoms with Crippen LogP contribution in [0.4, 0.5) is 0 Å². The second-order valence-electron chi connectivity index (χ2n) is 3.92. The number of benzene rings is 1. The molecule has 1 amide bonds. The van der Waals surface area contributed by atoms with Crippen LogP contribution >= 0.6 is 0 Å². The molecule has 0 fully saturated rings. The third-order valence-corrected chi connectivity index (χ3v) is 2.44. The van der Waals surface area contributed by atoms with Crippen molar-refractivity contribution in [3.8, 4) is 0 Å². The van der Waals surface area contributed by atoms with Gasteiger partial charge >= 0.3 is 0 Å². The van der Waals surface area contributed by atoms with Gasteiger partial charge in [-0.25, -0.2) is 0 Å². The Kier molecular flexibility index (Phi) is 4.99. The van der Waals surface area contributed by atoms with Gasteiger partial charge in [0.05, 0.1) is 0 Å². The minimum Gasteiger partial charge on any atom is -0.385 e. The number of amides is 1. The number of hydrogen-bond acceptors (Lipinski definition) is 2. The van der Waals surface area contributed by atoms with Crippen molar-refractivity contribution >= 4 is 5.91 Å². The predicted octanol–water partition coefficient (Wildman–Crippen LogP) is 2.07. The Bertz CT molecular complexity index is 361. The Morgan fingerprint density at radius 2 is 2.12 bits per heavy atom. The summed E-state index contributed by atoms with van der Waals surface area (Å²) in [6, 6.07) is 5.84. The zero-order valence-electron chi connectivity index (χ0n) is 10.2. The van der Waals surface area contributed by atoms with Gasteiger partial charge in [-0.3, -0.25) is 4.79 Å². The zero-order chi connectivity index (χ0) is 12.0. The van der Waals surface area contributed by atoms with Crippen LogP contribution < -0.4 is 5.32 Å². The molecule has 0 saturated carbocycles. The summed E-state index contributed by atoms with van der Waals surface area (Å²) in [5.74, 6) is -0.00592. The predicted molar refractivity (Wildman–Crippen MR) is 64.7 cm³/mol. The smallest absolute Gasteiger partial charge is 0.251 e. The van der Waals surface area contributed by atoms with Crippen LogP contribution in [0.3, 0.4) is 0 Å². The second-order valence-corrected chi connectivity index (χ2v) is 3.92.